The van der Waals surface area contributed by atoms with E-state index in [1.807, 2.05) is 11.4 Å². The van der Waals surface area contributed by atoms with Crippen molar-refractivity contribution in [1.82, 2.24) is 20.8 Å². The molecule has 202 valence electrons. The smallest absolute Gasteiger partial charge is 0.325 e. The van der Waals surface area contributed by atoms with Crippen LogP contribution in [0.25, 0.3) is 0 Å². The minimum Gasteiger partial charge on any atom is -0.325 e. The molecule has 2 aromatic carbocycles. The average Bonchev–Trinajstić information content (AvgIpc) is 3.54. The van der Waals surface area contributed by atoms with Crippen molar-refractivity contribution in [3.8, 4) is 0 Å². The van der Waals surface area contributed by atoms with E-state index in [0.717, 1.165) is 12.0 Å². The molecule has 5 rings (SSSR count). The van der Waals surface area contributed by atoms with Gasteiger partial charge in [0.15, 0.2) is 0 Å². The number of anilines is 1. The van der Waals surface area contributed by atoms with Crippen LogP contribution in [-0.2, 0) is 16.8 Å². The highest BCUT2D eigenvalue weighted by Gasteiger charge is 2.61. The fourth-order valence-corrected chi connectivity index (χ4v) is 5.81. The number of H-pyrrole nitrogens is 1. The lowest BCUT2D eigenvalue weighted by molar-refractivity contribution is -0.123. The number of amides is 2. The van der Waals surface area contributed by atoms with E-state index in [9.17, 15) is 18.4 Å². The Morgan fingerprint density at radius 1 is 1.21 bits per heavy atom. The Morgan fingerprint density at radius 2 is 1.97 bits per heavy atom. The number of hydrogen-bond acceptors (Lipinski definition) is 4. The summed E-state index contributed by atoms with van der Waals surface area (Å²) >= 11 is 12.2. The van der Waals surface area contributed by atoms with Crippen LogP contribution in [0.1, 0.15) is 50.1 Å². The summed E-state index contributed by atoms with van der Waals surface area (Å²) in [6.45, 7) is 7.23. The number of nitrogens with zero attached hydrogens (tertiary/aromatic N) is 1. The average molecular weight is 564 g/mol. The van der Waals surface area contributed by atoms with Gasteiger partial charge in [0.2, 0.25) is 5.91 Å². The van der Waals surface area contributed by atoms with Gasteiger partial charge in [0.05, 0.1) is 28.7 Å². The van der Waals surface area contributed by atoms with E-state index in [4.69, 9.17) is 23.2 Å². The van der Waals surface area contributed by atoms with Crippen molar-refractivity contribution in [2.45, 2.75) is 45.2 Å². The zero-order valence-electron chi connectivity index (χ0n) is 21.2. The number of carbonyl (C=O) groups is 2. The molecule has 3 unspecified atom stereocenters. The molecule has 1 aromatic heterocycles. The van der Waals surface area contributed by atoms with E-state index < -0.39 is 23.4 Å². The number of carbonyl (C=O) groups excluding carboxylic acids is 2. The van der Waals surface area contributed by atoms with Crippen molar-refractivity contribution >= 4 is 41.0 Å². The number of fused-ring (bicyclic) bond motifs is 2. The van der Waals surface area contributed by atoms with Gasteiger partial charge in [-0.25, -0.2) is 9.18 Å². The molecule has 0 aliphatic carbocycles. The molecule has 1 fully saturated rings. The van der Waals surface area contributed by atoms with Crippen LogP contribution in [0.3, 0.4) is 0 Å². The Morgan fingerprint density at radius 3 is 2.63 bits per heavy atom. The molecule has 1 saturated heterocycles. The van der Waals surface area contributed by atoms with Crippen LogP contribution in [0.2, 0.25) is 10.0 Å². The highest BCUT2D eigenvalue weighted by atomic mass is 35.5. The number of hydrogen-bond donors (Lipinski definition) is 4. The normalized spacial score (nSPS) is 22.0. The fourth-order valence-electron chi connectivity index (χ4n) is 5.46. The minimum atomic E-state index is -1.53. The topological polar surface area (TPSA) is 98.9 Å². The van der Waals surface area contributed by atoms with Gasteiger partial charge in [-0.3, -0.25) is 9.89 Å². The lowest BCUT2D eigenvalue weighted by Crippen LogP contribution is -2.45. The maximum Gasteiger partial charge on any atom is 0.397 e. The third-order valence-corrected chi connectivity index (χ3v) is 7.37. The number of halogens is 4. The van der Waals surface area contributed by atoms with Gasteiger partial charge in [-0.05, 0) is 47.6 Å². The van der Waals surface area contributed by atoms with Crippen LogP contribution in [0.5, 0.6) is 0 Å². The molecule has 7 nitrogen and oxygen atoms in total. The van der Waals surface area contributed by atoms with Gasteiger partial charge < -0.3 is 16.0 Å². The Labute approximate surface area is 229 Å². The van der Waals surface area contributed by atoms with Crippen molar-refractivity contribution in [3.05, 3.63) is 81.3 Å². The maximum absolute atomic E-state index is 15.0. The SMILES string of the molecule is CC(C)(C)CC1CNC(c2cccc(Cl)c2F)C12C(=O)Nc1cc(Cl)ccc12.O=C(F)NCc1ccn[nH]1. The molecule has 38 heavy (non-hydrogen) atoms. The first-order valence-corrected chi connectivity index (χ1v) is 12.9. The van der Waals surface area contributed by atoms with Gasteiger partial charge in [0, 0.05) is 29.0 Å². The van der Waals surface area contributed by atoms with Gasteiger partial charge in [0.25, 0.3) is 0 Å². The summed E-state index contributed by atoms with van der Waals surface area (Å²) in [5.74, 6) is -0.598. The summed E-state index contributed by atoms with van der Waals surface area (Å²) in [6.07, 6.45) is 0.808. The molecule has 2 aliphatic rings. The standard InChI is InChI=1S/C22H23Cl2FN2O.C5H6FN3O/c1-21(2,3)10-12-11-26-19(14-5-4-6-16(24)18(14)25)22(12)15-8-7-13(23)9-17(15)27-20(22)28;6-5(10)7-3-4-1-2-8-9-4/h4-9,12,19,26H,10-11H2,1-3H3,(H,27,28);1-2H,3H2,(H,7,10)(H,8,9). The molecule has 0 radical (unpaired) electrons. The Balaban J connectivity index is 0.000000283. The molecular weight excluding hydrogens is 535 g/mol. The zero-order chi connectivity index (χ0) is 27.7. The fraction of sp³-hybridized carbons (Fsp3) is 0.370. The van der Waals surface area contributed by atoms with Gasteiger partial charge in [-0.2, -0.15) is 5.10 Å². The number of aromatic amines is 1. The van der Waals surface area contributed by atoms with Crippen molar-refractivity contribution in [1.29, 1.82) is 0 Å². The number of aromatic nitrogens is 2. The van der Waals surface area contributed by atoms with Crippen molar-refractivity contribution < 1.29 is 18.4 Å². The van der Waals surface area contributed by atoms with E-state index in [0.29, 0.717) is 28.5 Å². The summed E-state index contributed by atoms with van der Waals surface area (Å²) in [5, 5.41) is 15.2. The predicted molar refractivity (Wildman–Crippen MR) is 143 cm³/mol. The van der Waals surface area contributed by atoms with Gasteiger partial charge in [0.1, 0.15) is 5.82 Å². The number of nitrogens with one attached hydrogen (secondary N) is 4. The Hall–Kier alpha value is -3.01. The summed E-state index contributed by atoms with van der Waals surface area (Å²) in [6, 6.07) is 11.5. The minimum absolute atomic E-state index is 0.00157. The van der Waals surface area contributed by atoms with Crippen molar-refractivity contribution in [2.24, 2.45) is 11.3 Å². The monoisotopic (exact) mass is 563 g/mol. The molecule has 1 spiro atoms. The third-order valence-electron chi connectivity index (χ3n) is 6.85. The van der Waals surface area contributed by atoms with Crippen LogP contribution in [0, 0.1) is 17.2 Å². The molecule has 4 N–H and O–H groups in total. The molecule has 0 bridgehead atoms. The number of rotatable bonds is 4. The maximum atomic E-state index is 15.0. The van der Waals surface area contributed by atoms with E-state index in [-0.39, 0.29) is 28.8 Å². The molecule has 3 aromatic rings. The van der Waals surface area contributed by atoms with Crippen LogP contribution < -0.4 is 16.0 Å². The summed E-state index contributed by atoms with van der Waals surface area (Å²) in [7, 11) is 0. The largest absolute Gasteiger partial charge is 0.397 e. The van der Waals surface area contributed by atoms with Crippen LogP contribution in [-0.4, -0.2) is 28.8 Å². The van der Waals surface area contributed by atoms with Gasteiger partial charge in [-0.1, -0.05) is 62.2 Å². The van der Waals surface area contributed by atoms with Crippen LogP contribution in [0.4, 0.5) is 19.3 Å². The van der Waals surface area contributed by atoms with E-state index in [1.165, 1.54) is 12.3 Å². The summed E-state index contributed by atoms with van der Waals surface area (Å²) in [5.41, 5.74) is 1.75. The first kappa shape index (κ1) is 28.0. The van der Waals surface area contributed by atoms with Crippen molar-refractivity contribution in [3.63, 3.8) is 0 Å². The molecule has 11 heteroatoms. The summed E-state index contributed by atoms with van der Waals surface area (Å²) in [4.78, 5) is 23.2. The highest BCUT2D eigenvalue weighted by Crippen LogP contribution is 2.56. The first-order chi connectivity index (χ1) is 17.9. The third kappa shape index (κ3) is 5.55. The second kappa shape index (κ2) is 11.0. The zero-order valence-corrected chi connectivity index (χ0v) is 22.7. The molecule has 2 aliphatic heterocycles. The van der Waals surface area contributed by atoms with E-state index in [2.05, 4.69) is 41.6 Å². The molecule has 2 amide bonds. The van der Waals surface area contributed by atoms with Crippen LogP contribution in [0.15, 0.2) is 48.7 Å². The Bertz CT molecular complexity index is 1330. The predicted octanol–water partition coefficient (Wildman–Crippen LogP) is 6.31. The van der Waals surface area contributed by atoms with Gasteiger partial charge in [-0.15, -0.1) is 4.39 Å². The van der Waals surface area contributed by atoms with Crippen molar-refractivity contribution in [2.75, 3.05) is 11.9 Å². The quantitative estimate of drug-likeness (QED) is 0.221. The Kier molecular flexibility index (Phi) is 8.11. The molecule has 3 atom stereocenters. The lowest BCUT2D eigenvalue weighted by Gasteiger charge is -2.37. The van der Waals surface area contributed by atoms with Crippen LogP contribution >= 0.6 is 23.2 Å². The van der Waals surface area contributed by atoms with Gasteiger partial charge >= 0.3 is 6.16 Å². The molecule has 3 heterocycles. The summed E-state index contributed by atoms with van der Waals surface area (Å²) < 4.78 is 26.5. The first-order valence-electron chi connectivity index (χ1n) is 12.1. The van der Waals surface area contributed by atoms with E-state index >= 15 is 0 Å². The highest BCUT2D eigenvalue weighted by molar-refractivity contribution is 6.31. The number of benzene rings is 2. The second-order valence-electron chi connectivity index (χ2n) is 10.7. The van der Waals surface area contributed by atoms with E-state index in [1.54, 1.807) is 30.3 Å². The molecule has 0 saturated carbocycles. The second-order valence-corrected chi connectivity index (χ2v) is 11.5. The lowest BCUT2D eigenvalue weighted by atomic mass is 9.63. The molecular formula is C27H29Cl2F2N5O2.